The number of hydrogen-bond donors (Lipinski definition) is 2. The monoisotopic (exact) mass is 280 g/mol. The second-order valence-corrected chi connectivity index (χ2v) is 6.66. The molecule has 2 fully saturated rings. The number of carbonyl (C=O) groups is 1. The Labute approximate surface area is 119 Å². The fourth-order valence-corrected chi connectivity index (χ4v) is 3.94. The molecule has 1 heterocycles. The molecule has 1 aliphatic heterocycles. The van der Waals surface area contributed by atoms with E-state index >= 15 is 0 Å². The zero-order valence-corrected chi connectivity index (χ0v) is 12.0. The smallest absolute Gasteiger partial charge is 0.168 e. The van der Waals surface area contributed by atoms with E-state index in [1.807, 2.05) is 6.92 Å². The summed E-state index contributed by atoms with van der Waals surface area (Å²) in [6.45, 7) is 1.90. The van der Waals surface area contributed by atoms with Crippen LogP contribution in [0.2, 0.25) is 0 Å². The van der Waals surface area contributed by atoms with Gasteiger partial charge >= 0.3 is 0 Å². The summed E-state index contributed by atoms with van der Waals surface area (Å²) >= 11 is 0. The number of hydrogen-bond acceptors (Lipinski definition) is 4. The molecule has 2 N–H and O–H groups in total. The maximum absolute atomic E-state index is 12.3. The minimum absolute atomic E-state index is 0.0373. The SMILES string of the molecule is CC1CC2OC(C3CCCCC3)=CC(=O)C2C(O)C1O. The van der Waals surface area contributed by atoms with E-state index in [9.17, 15) is 15.0 Å². The Morgan fingerprint density at radius 2 is 1.85 bits per heavy atom. The molecular weight excluding hydrogens is 256 g/mol. The van der Waals surface area contributed by atoms with Gasteiger partial charge in [0.25, 0.3) is 0 Å². The van der Waals surface area contributed by atoms with Crippen LogP contribution in [0.4, 0.5) is 0 Å². The van der Waals surface area contributed by atoms with E-state index in [0.717, 1.165) is 18.6 Å². The molecule has 112 valence electrons. The lowest BCUT2D eigenvalue weighted by Crippen LogP contribution is -2.54. The van der Waals surface area contributed by atoms with Gasteiger partial charge in [-0.2, -0.15) is 0 Å². The third-order valence-corrected chi connectivity index (χ3v) is 5.21. The van der Waals surface area contributed by atoms with E-state index in [1.165, 1.54) is 19.3 Å². The fourth-order valence-electron chi connectivity index (χ4n) is 3.94. The highest BCUT2D eigenvalue weighted by atomic mass is 16.5. The van der Waals surface area contributed by atoms with Crippen molar-refractivity contribution in [1.29, 1.82) is 0 Å². The summed E-state index contributed by atoms with van der Waals surface area (Å²) in [7, 11) is 0. The first-order valence-corrected chi connectivity index (χ1v) is 7.86. The lowest BCUT2D eigenvalue weighted by molar-refractivity contribution is -0.156. The average molecular weight is 280 g/mol. The summed E-state index contributed by atoms with van der Waals surface area (Å²) in [5.41, 5.74) is 0. The van der Waals surface area contributed by atoms with Gasteiger partial charge in [0.15, 0.2) is 5.78 Å². The second-order valence-electron chi connectivity index (χ2n) is 6.66. The quantitative estimate of drug-likeness (QED) is 0.768. The fraction of sp³-hybridized carbons (Fsp3) is 0.812. The maximum atomic E-state index is 12.3. The summed E-state index contributed by atoms with van der Waals surface area (Å²) in [6, 6.07) is 0. The first kappa shape index (κ1) is 14.1. The Bertz CT molecular complexity index is 411. The topological polar surface area (TPSA) is 66.8 Å². The molecule has 0 bridgehead atoms. The molecule has 0 aromatic carbocycles. The summed E-state index contributed by atoms with van der Waals surface area (Å²) in [6.07, 6.45) is 5.99. The summed E-state index contributed by atoms with van der Waals surface area (Å²) in [5.74, 6) is 0.498. The largest absolute Gasteiger partial charge is 0.493 e. The zero-order chi connectivity index (χ0) is 14.3. The molecule has 3 aliphatic rings. The molecule has 0 aromatic rings. The maximum Gasteiger partial charge on any atom is 0.168 e. The first-order valence-electron chi connectivity index (χ1n) is 7.86. The van der Waals surface area contributed by atoms with E-state index in [4.69, 9.17) is 4.74 Å². The Hall–Kier alpha value is -0.870. The van der Waals surface area contributed by atoms with Crippen LogP contribution in [0.3, 0.4) is 0 Å². The molecule has 0 saturated heterocycles. The Morgan fingerprint density at radius 3 is 2.55 bits per heavy atom. The van der Waals surface area contributed by atoms with Crippen molar-refractivity contribution >= 4 is 5.78 Å². The minimum Gasteiger partial charge on any atom is -0.493 e. The second kappa shape index (κ2) is 5.49. The molecule has 5 unspecified atom stereocenters. The third-order valence-electron chi connectivity index (χ3n) is 5.21. The normalized spacial score (nSPS) is 42.6. The van der Waals surface area contributed by atoms with Crippen LogP contribution in [-0.2, 0) is 9.53 Å². The van der Waals surface area contributed by atoms with Crippen molar-refractivity contribution in [2.24, 2.45) is 17.8 Å². The Kier molecular flexibility index (Phi) is 3.87. The van der Waals surface area contributed by atoms with Crippen LogP contribution in [-0.4, -0.2) is 34.3 Å². The highest BCUT2D eigenvalue weighted by Crippen LogP contribution is 2.40. The standard InChI is InChI=1S/C16H24O4/c1-9-7-13-14(16(19)15(9)18)11(17)8-12(20-13)10-5-3-2-4-6-10/h8-10,13-16,18-19H,2-7H2,1H3. The molecule has 0 radical (unpaired) electrons. The van der Waals surface area contributed by atoms with Crippen molar-refractivity contribution in [3.05, 3.63) is 11.8 Å². The van der Waals surface area contributed by atoms with Crippen LogP contribution < -0.4 is 0 Å². The van der Waals surface area contributed by atoms with Crippen LogP contribution in [0, 0.1) is 17.8 Å². The van der Waals surface area contributed by atoms with Gasteiger partial charge in [0.05, 0.1) is 18.1 Å². The molecular formula is C16H24O4. The predicted octanol–water partition coefficient (Wildman–Crippen LogP) is 1.80. The van der Waals surface area contributed by atoms with Gasteiger partial charge in [-0.05, 0) is 25.2 Å². The Morgan fingerprint density at radius 1 is 1.15 bits per heavy atom. The van der Waals surface area contributed by atoms with Crippen molar-refractivity contribution in [3.8, 4) is 0 Å². The number of allylic oxidation sites excluding steroid dienone is 2. The van der Waals surface area contributed by atoms with Gasteiger partial charge in [-0.25, -0.2) is 0 Å². The van der Waals surface area contributed by atoms with E-state index in [-0.39, 0.29) is 17.8 Å². The molecule has 0 spiro atoms. The van der Waals surface area contributed by atoms with Gasteiger partial charge < -0.3 is 14.9 Å². The van der Waals surface area contributed by atoms with Crippen molar-refractivity contribution in [1.82, 2.24) is 0 Å². The highest BCUT2D eigenvalue weighted by Gasteiger charge is 2.48. The summed E-state index contributed by atoms with van der Waals surface area (Å²) in [4.78, 5) is 12.3. The molecule has 4 heteroatoms. The average Bonchev–Trinajstić information content (AvgIpc) is 2.45. The van der Waals surface area contributed by atoms with Crippen LogP contribution in [0.1, 0.15) is 45.4 Å². The Balaban J connectivity index is 1.80. The number of rotatable bonds is 1. The molecule has 20 heavy (non-hydrogen) atoms. The third kappa shape index (κ3) is 2.40. The molecule has 0 amide bonds. The highest BCUT2D eigenvalue weighted by molar-refractivity contribution is 5.94. The number of ketones is 1. The molecule has 2 saturated carbocycles. The van der Waals surface area contributed by atoms with Crippen LogP contribution in [0.15, 0.2) is 11.8 Å². The number of carbonyl (C=O) groups excluding carboxylic acids is 1. The summed E-state index contributed by atoms with van der Waals surface area (Å²) in [5, 5.41) is 20.1. The van der Waals surface area contributed by atoms with Crippen molar-refractivity contribution in [2.45, 2.75) is 63.8 Å². The van der Waals surface area contributed by atoms with Crippen LogP contribution >= 0.6 is 0 Å². The van der Waals surface area contributed by atoms with Crippen molar-refractivity contribution in [2.75, 3.05) is 0 Å². The zero-order valence-electron chi connectivity index (χ0n) is 12.0. The van der Waals surface area contributed by atoms with E-state index < -0.39 is 18.1 Å². The van der Waals surface area contributed by atoms with Gasteiger partial charge in [-0.3, -0.25) is 4.79 Å². The van der Waals surface area contributed by atoms with Crippen molar-refractivity contribution < 1.29 is 19.7 Å². The number of aliphatic hydroxyl groups is 2. The number of ether oxygens (including phenoxy) is 1. The van der Waals surface area contributed by atoms with Crippen molar-refractivity contribution in [3.63, 3.8) is 0 Å². The van der Waals surface area contributed by atoms with E-state index in [1.54, 1.807) is 6.08 Å². The molecule has 2 aliphatic carbocycles. The molecule has 3 rings (SSSR count). The van der Waals surface area contributed by atoms with Crippen LogP contribution in [0.25, 0.3) is 0 Å². The van der Waals surface area contributed by atoms with Gasteiger partial charge in [0, 0.05) is 12.0 Å². The van der Waals surface area contributed by atoms with Gasteiger partial charge in [0.2, 0.25) is 0 Å². The van der Waals surface area contributed by atoms with Crippen LogP contribution in [0.5, 0.6) is 0 Å². The first-order chi connectivity index (χ1) is 9.58. The number of fused-ring (bicyclic) bond motifs is 1. The van der Waals surface area contributed by atoms with Gasteiger partial charge in [-0.15, -0.1) is 0 Å². The minimum atomic E-state index is -1.000. The summed E-state index contributed by atoms with van der Waals surface area (Å²) < 4.78 is 6.06. The number of aliphatic hydroxyl groups excluding tert-OH is 2. The lowest BCUT2D eigenvalue weighted by Gasteiger charge is -2.44. The van der Waals surface area contributed by atoms with Gasteiger partial charge in [0.1, 0.15) is 11.9 Å². The molecule has 4 nitrogen and oxygen atoms in total. The molecule has 0 aromatic heterocycles. The van der Waals surface area contributed by atoms with Gasteiger partial charge in [-0.1, -0.05) is 26.2 Å². The van der Waals surface area contributed by atoms with E-state index in [0.29, 0.717) is 12.3 Å². The lowest BCUT2D eigenvalue weighted by atomic mass is 9.73. The van der Waals surface area contributed by atoms with E-state index in [2.05, 4.69) is 0 Å². The molecule has 5 atom stereocenters. The predicted molar refractivity (Wildman–Crippen MR) is 73.8 cm³/mol.